The highest BCUT2D eigenvalue weighted by Crippen LogP contribution is 2.65. The van der Waals surface area contributed by atoms with Gasteiger partial charge in [-0.25, -0.2) is 0 Å². The Hall–Kier alpha value is -7.26. The van der Waals surface area contributed by atoms with Gasteiger partial charge < -0.3 is 4.74 Å². The van der Waals surface area contributed by atoms with E-state index < -0.39 is 5.41 Å². The van der Waals surface area contributed by atoms with Crippen LogP contribution >= 0.6 is 11.3 Å². The smallest absolute Gasteiger partial charge is 0.135 e. The molecule has 14 rings (SSSR count). The minimum Gasteiger partial charge on any atom is -0.456 e. The highest BCUT2D eigenvalue weighted by atomic mass is 32.1. The Balaban J connectivity index is 0.982. The summed E-state index contributed by atoms with van der Waals surface area (Å²) in [6.45, 7) is 0. The van der Waals surface area contributed by atoms with Crippen LogP contribution in [-0.2, 0) is 5.41 Å². The molecule has 2 aliphatic carbocycles. The second kappa shape index (κ2) is 11.4. The van der Waals surface area contributed by atoms with Gasteiger partial charge in [-0.15, -0.1) is 11.3 Å². The Bertz CT molecular complexity index is 3660. The maximum absolute atomic E-state index is 6.79. The second-order valence-corrected chi connectivity index (χ2v) is 17.3. The summed E-state index contributed by atoms with van der Waals surface area (Å²) in [6.07, 6.45) is 0. The zero-order valence-corrected chi connectivity index (χ0v) is 32.6. The van der Waals surface area contributed by atoms with Crippen molar-refractivity contribution < 1.29 is 4.74 Å². The molecule has 0 saturated carbocycles. The van der Waals surface area contributed by atoms with Crippen molar-refractivity contribution in [2.24, 2.45) is 0 Å². The molecule has 0 amide bonds. The van der Waals surface area contributed by atoms with Crippen LogP contribution in [0.15, 0.2) is 194 Å². The lowest BCUT2D eigenvalue weighted by atomic mass is 9.70. The lowest BCUT2D eigenvalue weighted by Gasteiger charge is -2.30. The standard InChI is InChI=1S/C57H32OS/c1-2-12-36-33(11-1)23-27-49-54(36)42-14-3-6-19-46(42)57(49)47-20-7-4-15-43(47)55-39(18-10-21-48(55)57)37-26-29-51-56-40(37)16-9-17-41(56)44-31-34(24-28-50(44)58-51)35-25-30-53-45(32-35)38-13-5-8-22-52(38)59-53/h1-32H. The Morgan fingerprint density at radius 3 is 1.86 bits per heavy atom. The minimum absolute atomic E-state index is 0.430. The predicted octanol–water partition coefficient (Wildman–Crippen LogP) is 15.8. The van der Waals surface area contributed by atoms with Gasteiger partial charge in [-0.1, -0.05) is 158 Å². The van der Waals surface area contributed by atoms with E-state index >= 15 is 0 Å². The van der Waals surface area contributed by atoms with E-state index in [-0.39, 0.29) is 0 Å². The molecule has 10 aromatic carbocycles. The third-order valence-electron chi connectivity index (χ3n) is 13.5. The van der Waals surface area contributed by atoms with E-state index in [2.05, 4.69) is 194 Å². The quantitative estimate of drug-likeness (QED) is 0.170. The molecule has 1 unspecified atom stereocenters. The van der Waals surface area contributed by atoms with Gasteiger partial charge in [0, 0.05) is 31.1 Å². The van der Waals surface area contributed by atoms with Gasteiger partial charge in [0.05, 0.1) is 5.41 Å². The molecule has 1 aliphatic heterocycles. The van der Waals surface area contributed by atoms with Crippen molar-refractivity contribution in [3.63, 3.8) is 0 Å². The number of ether oxygens (including phenoxy) is 1. The number of fused-ring (bicyclic) bond motifs is 17. The van der Waals surface area contributed by atoms with Crippen molar-refractivity contribution in [2.75, 3.05) is 0 Å². The molecule has 1 nitrogen and oxygen atoms in total. The van der Waals surface area contributed by atoms with Gasteiger partial charge >= 0.3 is 0 Å². The van der Waals surface area contributed by atoms with Crippen LogP contribution in [0, 0.1) is 0 Å². The summed E-state index contributed by atoms with van der Waals surface area (Å²) < 4.78 is 9.43. The average Bonchev–Trinajstić information content (AvgIpc) is 3.93. The van der Waals surface area contributed by atoms with E-state index in [0.717, 1.165) is 22.4 Å². The number of thiophene rings is 1. The first-order valence-electron chi connectivity index (χ1n) is 20.4. The molecule has 1 atom stereocenters. The van der Waals surface area contributed by atoms with Crippen molar-refractivity contribution >= 4 is 53.1 Å². The van der Waals surface area contributed by atoms with Crippen molar-refractivity contribution in [3.05, 3.63) is 216 Å². The number of hydrogen-bond acceptors (Lipinski definition) is 2. The fourth-order valence-electron chi connectivity index (χ4n) is 11.1. The van der Waals surface area contributed by atoms with Crippen LogP contribution in [0.4, 0.5) is 0 Å². The first-order chi connectivity index (χ1) is 29.3. The summed E-state index contributed by atoms with van der Waals surface area (Å²) in [5.74, 6) is 1.80. The minimum atomic E-state index is -0.430. The predicted molar refractivity (Wildman–Crippen MR) is 247 cm³/mol. The number of rotatable bonds is 2. The SMILES string of the molecule is c1ccc2c(c1)-c1c(-c3ccc4c5c(cccc35)-c3cc(-c5ccc6sc7ccccc7c6c5)ccc3O4)cccc1C21c2ccccc2-c2c1ccc1ccccc21. The average molecular weight is 765 g/mol. The Kier molecular flexibility index (Phi) is 6.16. The van der Waals surface area contributed by atoms with Crippen molar-refractivity contribution in [3.8, 4) is 67.1 Å². The monoisotopic (exact) mass is 764 g/mol. The fourth-order valence-corrected chi connectivity index (χ4v) is 12.2. The zero-order chi connectivity index (χ0) is 38.4. The molecule has 0 N–H and O–H groups in total. The Morgan fingerprint density at radius 1 is 0.339 bits per heavy atom. The third-order valence-corrected chi connectivity index (χ3v) is 14.6. The summed E-state index contributed by atoms with van der Waals surface area (Å²) in [5.41, 5.74) is 17.5. The van der Waals surface area contributed by atoms with Crippen LogP contribution in [0.5, 0.6) is 11.5 Å². The van der Waals surface area contributed by atoms with E-state index in [0.29, 0.717) is 0 Å². The molecule has 0 fully saturated rings. The second-order valence-electron chi connectivity index (χ2n) is 16.2. The highest BCUT2D eigenvalue weighted by Gasteiger charge is 2.52. The molecule has 1 aromatic heterocycles. The van der Waals surface area contributed by atoms with Gasteiger partial charge in [-0.05, 0) is 125 Å². The fraction of sp³-hybridized carbons (Fsp3) is 0.0175. The number of hydrogen-bond donors (Lipinski definition) is 0. The summed E-state index contributed by atoms with van der Waals surface area (Å²) in [4.78, 5) is 0. The van der Waals surface area contributed by atoms with Gasteiger partial charge in [-0.3, -0.25) is 0 Å². The van der Waals surface area contributed by atoms with E-state index in [9.17, 15) is 0 Å². The topological polar surface area (TPSA) is 9.23 Å². The molecular weight excluding hydrogens is 733 g/mol. The van der Waals surface area contributed by atoms with Crippen LogP contribution in [0.1, 0.15) is 22.3 Å². The van der Waals surface area contributed by atoms with Gasteiger partial charge in [0.15, 0.2) is 0 Å². The molecule has 2 heteroatoms. The molecule has 272 valence electrons. The molecule has 0 bridgehead atoms. The molecular formula is C57H32OS. The van der Waals surface area contributed by atoms with Gasteiger partial charge in [-0.2, -0.15) is 0 Å². The van der Waals surface area contributed by atoms with Crippen LogP contribution < -0.4 is 4.74 Å². The Morgan fingerprint density at radius 2 is 0.966 bits per heavy atom. The van der Waals surface area contributed by atoms with E-state index in [1.165, 1.54) is 109 Å². The molecule has 0 radical (unpaired) electrons. The molecule has 1 spiro atoms. The normalized spacial score (nSPS) is 15.3. The molecule has 59 heavy (non-hydrogen) atoms. The lowest BCUT2D eigenvalue weighted by molar-refractivity contribution is 0.487. The molecule has 2 heterocycles. The van der Waals surface area contributed by atoms with Gasteiger partial charge in [0.25, 0.3) is 0 Å². The maximum atomic E-state index is 6.79. The third kappa shape index (κ3) is 4.04. The van der Waals surface area contributed by atoms with Crippen molar-refractivity contribution in [1.29, 1.82) is 0 Å². The van der Waals surface area contributed by atoms with E-state index in [1.807, 2.05) is 11.3 Å². The highest BCUT2D eigenvalue weighted by molar-refractivity contribution is 7.25. The molecule has 11 aromatic rings. The van der Waals surface area contributed by atoms with Crippen LogP contribution in [0.25, 0.3) is 97.4 Å². The summed E-state index contributed by atoms with van der Waals surface area (Å²) >= 11 is 1.86. The summed E-state index contributed by atoms with van der Waals surface area (Å²) in [7, 11) is 0. The van der Waals surface area contributed by atoms with Crippen LogP contribution in [-0.4, -0.2) is 0 Å². The molecule has 3 aliphatic rings. The van der Waals surface area contributed by atoms with Crippen molar-refractivity contribution in [1.82, 2.24) is 0 Å². The Labute approximate surface area is 345 Å². The summed E-state index contributed by atoms with van der Waals surface area (Å²) in [5, 5.41) is 7.57. The lowest BCUT2D eigenvalue weighted by Crippen LogP contribution is -2.25. The van der Waals surface area contributed by atoms with Crippen LogP contribution in [0.2, 0.25) is 0 Å². The van der Waals surface area contributed by atoms with Gasteiger partial charge in [0.1, 0.15) is 11.5 Å². The number of benzene rings is 10. The van der Waals surface area contributed by atoms with Crippen molar-refractivity contribution in [2.45, 2.75) is 5.41 Å². The largest absolute Gasteiger partial charge is 0.456 e. The molecule has 0 saturated heterocycles. The van der Waals surface area contributed by atoms with E-state index in [1.54, 1.807) is 0 Å². The van der Waals surface area contributed by atoms with E-state index in [4.69, 9.17) is 4.74 Å². The van der Waals surface area contributed by atoms with Crippen LogP contribution in [0.3, 0.4) is 0 Å². The maximum Gasteiger partial charge on any atom is 0.135 e. The zero-order valence-electron chi connectivity index (χ0n) is 31.8. The first kappa shape index (κ1) is 31.8. The first-order valence-corrected chi connectivity index (χ1v) is 21.2. The van der Waals surface area contributed by atoms with Gasteiger partial charge in [0.2, 0.25) is 0 Å². The summed E-state index contributed by atoms with van der Waals surface area (Å²) in [6, 6.07) is 72.4.